The third kappa shape index (κ3) is 2.15. The van der Waals surface area contributed by atoms with Gasteiger partial charge in [-0.1, -0.05) is 6.92 Å². The summed E-state index contributed by atoms with van der Waals surface area (Å²) < 4.78 is 10.2. The van der Waals surface area contributed by atoms with Crippen LogP contribution in [0, 0.1) is 5.92 Å². The number of aliphatic hydroxyl groups is 1. The summed E-state index contributed by atoms with van der Waals surface area (Å²) in [6.45, 7) is 3.23. The van der Waals surface area contributed by atoms with Crippen LogP contribution >= 0.6 is 0 Å². The van der Waals surface area contributed by atoms with Gasteiger partial charge in [-0.25, -0.2) is 0 Å². The fraction of sp³-hybridized carbons (Fsp3) is 1.00. The van der Waals surface area contributed by atoms with E-state index < -0.39 is 6.10 Å². The molecule has 1 fully saturated rings. The molecule has 0 bridgehead atoms. The van der Waals surface area contributed by atoms with Crippen LogP contribution in [0.5, 0.6) is 0 Å². The lowest BCUT2D eigenvalue weighted by atomic mass is 10.0. The predicted octanol–water partition coefficient (Wildman–Crippen LogP) is 0.419. The Morgan fingerprint density at radius 2 is 2.45 bits per heavy atom. The summed E-state index contributed by atoms with van der Waals surface area (Å²) in [5.41, 5.74) is 0. The number of methoxy groups -OCH3 is 1. The average Bonchev–Trinajstić information content (AvgIpc) is 2.36. The Morgan fingerprint density at radius 1 is 1.73 bits per heavy atom. The summed E-state index contributed by atoms with van der Waals surface area (Å²) in [5, 5.41) is 9.47. The van der Waals surface area contributed by atoms with Gasteiger partial charge < -0.3 is 14.6 Å². The first-order valence-electron chi connectivity index (χ1n) is 4.04. The molecule has 3 heteroatoms. The Morgan fingerprint density at radius 3 is 2.91 bits per heavy atom. The molecule has 0 aromatic carbocycles. The fourth-order valence-electron chi connectivity index (χ4n) is 1.47. The van der Waals surface area contributed by atoms with E-state index in [1.165, 1.54) is 0 Å². The van der Waals surface area contributed by atoms with Gasteiger partial charge in [0.05, 0.1) is 12.7 Å². The van der Waals surface area contributed by atoms with E-state index in [-0.39, 0.29) is 6.10 Å². The van der Waals surface area contributed by atoms with Crippen LogP contribution in [0.1, 0.15) is 13.3 Å². The summed E-state index contributed by atoms with van der Waals surface area (Å²) in [5.74, 6) is 0.458. The first kappa shape index (κ1) is 8.97. The van der Waals surface area contributed by atoms with E-state index >= 15 is 0 Å². The summed E-state index contributed by atoms with van der Waals surface area (Å²) in [6.07, 6.45) is 0.568. The SMILES string of the molecule is COCC(O)C1OCCC1C. The summed E-state index contributed by atoms with van der Waals surface area (Å²) in [6, 6.07) is 0. The first-order valence-corrected chi connectivity index (χ1v) is 4.04. The van der Waals surface area contributed by atoms with Crippen molar-refractivity contribution >= 4 is 0 Å². The predicted molar refractivity (Wildman–Crippen MR) is 41.4 cm³/mol. The standard InChI is InChI=1S/C8H16O3/c1-6-3-4-11-8(6)7(9)5-10-2/h6-9H,3-5H2,1-2H3. The molecule has 0 radical (unpaired) electrons. The molecule has 1 aliphatic heterocycles. The quantitative estimate of drug-likeness (QED) is 0.650. The molecule has 0 aliphatic carbocycles. The van der Waals surface area contributed by atoms with E-state index in [0.717, 1.165) is 13.0 Å². The smallest absolute Gasteiger partial charge is 0.104 e. The molecular weight excluding hydrogens is 144 g/mol. The third-order valence-electron chi connectivity index (χ3n) is 2.16. The molecule has 3 unspecified atom stereocenters. The summed E-state index contributed by atoms with van der Waals surface area (Å²) in [4.78, 5) is 0. The average molecular weight is 160 g/mol. The van der Waals surface area contributed by atoms with Crippen molar-refractivity contribution in [2.75, 3.05) is 20.3 Å². The molecule has 0 spiro atoms. The molecule has 1 heterocycles. The van der Waals surface area contributed by atoms with Gasteiger partial charge in [-0.2, -0.15) is 0 Å². The molecule has 3 atom stereocenters. The van der Waals surface area contributed by atoms with E-state index in [0.29, 0.717) is 12.5 Å². The van der Waals surface area contributed by atoms with Crippen LogP contribution in [0.3, 0.4) is 0 Å². The molecule has 0 saturated carbocycles. The van der Waals surface area contributed by atoms with Crippen molar-refractivity contribution in [2.24, 2.45) is 5.92 Å². The van der Waals surface area contributed by atoms with Crippen molar-refractivity contribution in [3.63, 3.8) is 0 Å². The molecule has 3 nitrogen and oxygen atoms in total. The first-order chi connectivity index (χ1) is 5.25. The Bertz CT molecular complexity index is 116. The number of rotatable bonds is 3. The minimum absolute atomic E-state index is 0.0186. The lowest BCUT2D eigenvalue weighted by Gasteiger charge is -2.20. The number of ether oxygens (including phenoxy) is 2. The lowest BCUT2D eigenvalue weighted by molar-refractivity contribution is -0.0499. The van der Waals surface area contributed by atoms with Crippen molar-refractivity contribution in [3.05, 3.63) is 0 Å². The number of hydrogen-bond donors (Lipinski definition) is 1. The van der Waals surface area contributed by atoms with Crippen LogP contribution in [-0.4, -0.2) is 37.6 Å². The minimum atomic E-state index is -0.461. The molecule has 1 N–H and O–H groups in total. The van der Waals surface area contributed by atoms with Gasteiger partial charge in [0.15, 0.2) is 0 Å². The normalized spacial score (nSPS) is 34.1. The molecule has 0 aromatic heterocycles. The monoisotopic (exact) mass is 160 g/mol. The van der Waals surface area contributed by atoms with Crippen molar-refractivity contribution in [2.45, 2.75) is 25.6 Å². The van der Waals surface area contributed by atoms with Gasteiger partial charge in [0.1, 0.15) is 6.10 Å². The zero-order valence-electron chi connectivity index (χ0n) is 7.12. The largest absolute Gasteiger partial charge is 0.388 e. The van der Waals surface area contributed by atoms with Crippen LogP contribution in [0.4, 0.5) is 0 Å². The zero-order valence-corrected chi connectivity index (χ0v) is 7.12. The zero-order chi connectivity index (χ0) is 8.27. The van der Waals surface area contributed by atoms with Crippen molar-refractivity contribution in [1.82, 2.24) is 0 Å². The second-order valence-electron chi connectivity index (χ2n) is 3.12. The molecule has 11 heavy (non-hydrogen) atoms. The maximum atomic E-state index is 9.47. The van der Waals surface area contributed by atoms with Crippen LogP contribution in [0.25, 0.3) is 0 Å². The highest BCUT2D eigenvalue weighted by Gasteiger charge is 2.30. The van der Waals surface area contributed by atoms with Gasteiger partial charge in [-0.15, -0.1) is 0 Å². The second kappa shape index (κ2) is 4.04. The molecule has 0 amide bonds. The summed E-state index contributed by atoms with van der Waals surface area (Å²) >= 11 is 0. The summed E-state index contributed by atoms with van der Waals surface area (Å²) in [7, 11) is 1.59. The Labute approximate surface area is 67.3 Å². The molecule has 0 aromatic rings. The molecule has 66 valence electrons. The highest BCUT2D eigenvalue weighted by molar-refractivity contribution is 4.79. The Kier molecular flexibility index (Phi) is 3.30. The highest BCUT2D eigenvalue weighted by Crippen LogP contribution is 2.22. The molecule has 1 saturated heterocycles. The van der Waals surface area contributed by atoms with E-state index in [2.05, 4.69) is 6.92 Å². The van der Waals surface area contributed by atoms with Gasteiger partial charge in [0.2, 0.25) is 0 Å². The van der Waals surface area contributed by atoms with E-state index in [4.69, 9.17) is 9.47 Å². The maximum Gasteiger partial charge on any atom is 0.104 e. The van der Waals surface area contributed by atoms with E-state index in [9.17, 15) is 5.11 Å². The number of aliphatic hydroxyl groups excluding tert-OH is 1. The van der Waals surface area contributed by atoms with Crippen molar-refractivity contribution < 1.29 is 14.6 Å². The van der Waals surface area contributed by atoms with Crippen LogP contribution < -0.4 is 0 Å². The lowest BCUT2D eigenvalue weighted by Crippen LogP contribution is -2.33. The Balaban J connectivity index is 2.33. The van der Waals surface area contributed by atoms with Gasteiger partial charge in [-0.05, 0) is 12.3 Å². The van der Waals surface area contributed by atoms with Crippen LogP contribution in [-0.2, 0) is 9.47 Å². The third-order valence-corrected chi connectivity index (χ3v) is 2.16. The van der Waals surface area contributed by atoms with E-state index in [1.54, 1.807) is 7.11 Å². The van der Waals surface area contributed by atoms with Gasteiger partial charge in [-0.3, -0.25) is 0 Å². The topological polar surface area (TPSA) is 38.7 Å². The van der Waals surface area contributed by atoms with Gasteiger partial charge in [0, 0.05) is 13.7 Å². The number of hydrogen-bond acceptors (Lipinski definition) is 3. The minimum Gasteiger partial charge on any atom is -0.388 e. The fourth-order valence-corrected chi connectivity index (χ4v) is 1.47. The Hall–Kier alpha value is -0.120. The highest BCUT2D eigenvalue weighted by atomic mass is 16.5. The maximum absolute atomic E-state index is 9.47. The van der Waals surface area contributed by atoms with Crippen molar-refractivity contribution in [1.29, 1.82) is 0 Å². The van der Waals surface area contributed by atoms with E-state index in [1.807, 2.05) is 0 Å². The molecule has 1 aliphatic rings. The van der Waals surface area contributed by atoms with Gasteiger partial charge in [0.25, 0.3) is 0 Å². The van der Waals surface area contributed by atoms with Crippen LogP contribution in [0.2, 0.25) is 0 Å². The van der Waals surface area contributed by atoms with Crippen LogP contribution in [0.15, 0.2) is 0 Å². The molecular formula is C8H16O3. The second-order valence-corrected chi connectivity index (χ2v) is 3.12. The molecule has 1 rings (SSSR count). The van der Waals surface area contributed by atoms with Crippen molar-refractivity contribution in [3.8, 4) is 0 Å². The van der Waals surface area contributed by atoms with Gasteiger partial charge >= 0.3 is 0 Å².